The van der Waals surface area contributed by atoms with E-state index in [1.54, 1.807) is 0 Å². The van der Waals surface area contributed by atoms with Crippen molar-refractivity contribution in [3.63, 3.8) is 0 Å². The van der Waals surface area contributed by atoms with Gasteiger partial charge in [0.2, 0.25) is 11.8 Å². The molecule has 20 heavy (non-hydrogen) atoms. The smallest absolute Gasteiger partial charge is 0.224 e. The van der Waals surface area contributed by atoms with Crippen molar-refractivity contribution in [1.82, 2.24) is 20.4 Å². The van der Waals surface area contributed by atoms with E-state index in [1.165, 1.54) is 0 Å². The molecule has 2 amide bonds. The third kappa shape index (κ3) is 4.76. The molecule has 0 aromatic carbocycles. The van der Waals surface area contributed by atoms with Gasteiger partial charge in [0.25, 0.3) is 0 Å². The highest BCUT2D eigenvalue weighted by atomic mass is 16.2. The Labute approximate surface area is 120 Å². The molecule has 1 atom stereocenters. The van der Waals surface area contributed by atoms with E-state index >= 15 is 0 Å². The van der Waals surface area contributed by atoms with Crippen molar-refractivity contribution >= 4 is 11.8 Å². The minimum atomic E-state index is -0.0451. The quantitative estimate of drug-likeness (QED) is 0.652. The molecule has 0 radical (unpaired) electrons. The Kier molecular flexibility index (Phi) is 5.79. The van der Waals surface area contributed by atoms with Crippen LogP contribution in [-0.2, 0) is 9.59 Å². The molecule has 2 aliphatic rings. The number of piperazine rings is 1. The van der Waals surface area contributed by atoms with Gasteiger partial charge in [-0.25, -0.2) is 0 Å². The summed E-state index contributed by atoms with van der Waals surface area (Å²) in [5.41, 5.74) is 0. The van der Waals surface area contributed by atoms with Crippen LogP contribution in [0.3, 0.4) is 0 Å². The molecule has 2 aliphatic heterocycles. The zero-order valence-electron chi connectivity index (χ0n) is 12.4. The van der Waals surface area contributed by atoms with Crippen molar-refractivity contribution in [2.24, 2.45) is 5.92 Å². The van der Waals surface area contributed by atoms with Gasteiger partial charge < -0.3 is 20.4 Å². The molecular weight excluding hydrogens is 256 g/mol. The zero-order valence-corrected chi connectivity index (χ0v) is 12.4. The maximum Gasteiger partial charge on any atom is 0.224 e. The van der Waals surface area contributed by atoms with Crippen LogP contribution in [-0.4, -0.2) is 74.5 Å². The summed E-state index contributed by atoms with van der Waals surface area (Å²) in [6, 6.07) is 0. The number of carbonyl (C=O) groups is 2. The summed E-state index contributed by atoms with van der Waals surface area (Å²) < 4.78 is 0. The Morgan fingerprint density at radius 1 is 1.35 bits per heavy atom. The maximum atomic E-state index is 11.9. The monoisotopic (exact) mass is 282 g/mol. The molecule has 1 unspecified atom stereocenters. The molecule has 2 saturated heterocycles. The van der Waals surface area contributed by atoms with E-state index in [-0.39, 0.29) is 17.7 Å². The third-order valence-corrected chi connectivity index (χ3v) is 4.18. The number of nitrogens with zero attached hydrogens (tertiary/aromatic N) is 2. The second-order valence-corrected chi connectivity index (χ2v) is 5.83. The lowest BCUT2D eigenvalue weighted by molar-refractivity contribution is -0.128. The molecule has 2 rings (SSSR count). The van der Waals surface area contributed by atoms with Gasteiger partial charge in [0, 0.05) is 45.7 Å². The first-order chi connectivity index (χ1) is 9.65. The molecule has 2 heterocycles. The van der Waals surface area contributed by atoms with Crippen LogP contribution in [0.2, 0.25) is 0 Å². The van der Waals surface area contributed by atoms with Gasteiger partial charge in [-0.05, 0) is 26.4 Å². The average Bonchev–Trinajstić information content (AvgIpc) is 2.46. The maximum absolute atomic E-state index is 11.9. The van der Waals surface area contributed by atoms with Gasteiger partial charge in [-0.3, -0.25) is 9.59 Å². The molecule has 0 saturated carbocycles. The van der Waals surface area contributed by atoms with Crippen molar-refractivity contribution in [3.05, 3.63) is 0 Å². The highest BCUT2D eigenvalue weighted by Gasteiger charge is 2.23. The molecule has 114 valence electrons. The zero-order chi connectivity index (χ0) is 14.4. The van der Waals surface area contributed by atoms with Gasteiger partial charge in [0.05, 0.1) is 5.92 Å². The fourth-order valence-electron chi connectivity index (χ4n) is 2.69. The van der Waals surface area contributed by atoms with Crippen LogP contribution < -0.4 is 10.6 Å². The normalized spacial score (nSPS) is 25.2. The van der Waals surface area contributed by atoms with E-state index in [9.17, 15) is 9.59 Å². The number of piperidine rings is 1. The Balaban J connectivity index is 1.54. The van der Waals surface area contributed by atoms with E-state index in [0.717, 1.165) is 45.7 Å². The lowest BCUT2D eigenvalue weighted by atomic mass is 9.98. The van der Waals surface area contributed by atoms with Crippen LogP contribution in [0.15, 0.2) is 0 Å². The van der Waals surface area contributed by atoms with Crippen LogP contribution in [0.1, 0.15) is 19.3 Å². The van der Waals surface area contributed by atoms with Crippen molar-refractivity contribution in [1.29, 1.82) is 0 Å². The summed E-state index contributed by atoms with van der Waals surface area (Å²) in [7, 11) is 2.15. The van der Waals surface area contributed by atoms with Crippen LogP contribution >= 0.6 is 0 Å². The molecule has 6 nitrogen and oxygen atoms in total. The van der Waals surface area contributed by atoms with E-state index in [1.807, 2.05) is 0 Å². The van der Waals surface area contributed by atoms with E-state index in [4.69, 9.17) is 0 Å². The van der Waals surface area contributed by atoms with Gasteiger partial charge in [-0.15, -0.1) is 0 Å². The first-order valence-electron chi connectivity index (χ1n) is 7.60. The number of hydrogen-bond acceptors (Lipinski definition) is 4. The van der Waals surface area contributed by atoms with Crippen molar-refractivity contribution in [3.8, 4) is 0 Å². The molecule has 0 spiro atoms. The predicted molar refractivity (Wildman–Crippen MR) is 77.3 cm³/mol. The second-order valence-electron chi connectivity index (χ2n) is 5.83. The molecule has 0 aliphatic carbocycles. The summed E-state index contributed by atoms with van der Waals surface area (Å²) in [6.07, 6.45) is 2.14. The molecular formula is C14H26N4O2. The van der Waals surface area contributed by atoms with Crippen LogP contribution in [0.4, 0.5) is 0 Å². The standard InChI is InChI=1S/C14H26N4O2/c1-17-7-9-18(10-8-17)6-2-5-15-14(20)12-3-4-13(19)16-11-12/h12H,2-11H2,1H3,(H,15,20)(H,16,19). The summed E-state index contributed by atoms with van der Waals surface area (Å²) in [5.74, 6) is 0.101. The van der Waals surface area contributed by atoms with Crippen molar-refractivity contribution < 1.29 is 9.59 Å². The molecule has 2 N–H and O–H groups in total. The fraction of sp³-hybridized carbons (Fsp3) is 0.857. The predicted octanol–water partition coefficient (Wildman–Crippen LogP) is -0.734. The minimum absolute atomic E-state index is 0.0451. The number of amides is 2. The summed E-state index contributed by atoms with van der Waals surface area (Å²) in [6.45, 7) is 6.79. The number of nitrogens with one attached hydrogen (secondary N) is 2. The topological polar surface area (TPSA) is 64.7 Å². The Morgan fingerprint density at radius 3 is 2.75 bits per heavy atom. The third-order valence-electron chi connectivity index (χ3n) is 4.18. The van der Waals surface area contributed by atoms with Crippen LogP contribution in [0.5, 0.6) is 0 Å². The average molecular weight is 282 g/mol. The SMILES string of the molecule is CN1CCN(CCCNC(=O)C2CCC(=O)NC2)CC1. The first-order valence-corrected chi connectivity index (χ1v) is 7.60. The molecule has 0 bridgehead atoms. The number of carbonyl (C=O) groups excluding carboxylic acids is 2. The number of rotatable bonds is 5. The highest BCUT2D eigenvalue weighted by Crippen LogP contribution is 2.10. The van der Waals surface area contributed by atoms with Gasteiger partial charge >= 0.3 is 0 Å². The molecule has 2 fully saturated rings. The van der Waals surface area contributed by atoms with Crippen LogP contribution in [0, 0.1) is 5.92 Å². The first kappa shape index (κ1) is 15.3. The van der Waals surface area contributed by atoms with Gasteiger partial charge in [-0.1, -0.05) is 0 Å². The number of hydrogen-bond donors (Lipinski definition) is 2. The second kappa shape index (κ2) is 7.59. The van der Waals surface area contributed by atoms with Crippen molar-refractivity contribution in [2.45, 2.75) is 19.3 Å². The fourth-order valence-corrected chi connectivity index (χ4v) is 2.69. The Morgan fingerprint density at radius 2 is 2.10 bits per heavy atom. The Hall–Kier alpha value is -1.14. The van der Waals surface area contributed by atoms with E-state index in [0.29, 0.717) is 19.4 Å². The summed E-state index contributed by atoms with van der Waals surface area (Å²) in [4.78, 5) is 27.7. The molecule has 0 aromatic rings. The van der Waals surface area contributed by atoms with Crippen molar-refractivity contribution in [2.75, 3.05) is 52.9 Å². The van der Waals surface area contributed by atoms with Gasteiger partial charge in [-0.2, -0.15) is 0 Å². The Bertz CT molecular complexity index is 330. The van der Waals surface area contributed by atoms with Gasteiger partial charge in [0.15, 0.2) is 0 Å². The van der Waals surface area contributed by atoms with Gasteiger partial charge in [0.1, 0.15) is 0 Å². The van der Waals surface area contributed by atoms with Crippen LogP contribution in [0.25, 0.3) is 0 Å². The lowest BCUT2D eigenvalue weighted by Crippen LogP contribution is -2.46. The summed E-state index contributed by atoms with van der Waals surface area (Å²) in [5, 5.41) is 5.73. The highest BCUT2D eigenvalue weighted by molar-refractivity contribution is 5.83. The van der Waals surface area contributed by atoms with E-state index < -0.39 is 0 Å². The molecule has 6 heteroatoms. The number of likely N-dealkylation sites (N-methyl/N-ethyl adjacent to an activating group) is 1. The summed E-state index contributed by atoms with van der Waals surface area (Å²) >= 11 is 0. The molecule has 0 aromatic heterocycles. The lowest BCUT2D eigenvalue weighted by Gasteiger charge is -2.32. The van der Waals surface area contributed by atoms with E-state index in [2.05, 4.69) is 27.5 Å². The largest absolute Gasteiger partial charge is 0.356 e. The minimum Gasteiger partial charge on any atom is -0.356 e.